The van der Waals surface area contributed by atoms with Crippen molar-refractivity contribution in [2.24, 2.45) is 0 Å². The predicted molar refractivity (Wildman–Crippen MR) is 80.1 cm³/mol. The van der Waals surface area contributed by atoms with Crippen LogP contribution in [0.1, 0.15) is 32.6 Å². The largest absolute Gasteiger partial charge is 0.756 e. The van der Waals surface area contributed by atoms with Crippen molar-refractivity contribution in [2.75, 3.05) is 40.9 Å². The molecule has 8 nitrogen and oxygen atoms in total. The minimum atomic E-state index is -4.52. The fourth-order valence-corrected chi connectivity index (χ4v) is 2.66. The van der Waals surface area contributed by atoms with Gasteiger partial charge in [-0.1, -0.05) is 26.2 Å². The molecule has 0 saturated heterocycles. The molecule has 0 aliphatic heterocycles. The lowest BCUT2D eigenvalue weighted by Gasteiger charge is -2.31. The second-order valence-electron chi connectivity index (χ2n) is 6.30. The summed E-state index contributed by atoms with van der Waals surface area (Å²) in [6.45, 7) is 2.09. The van der Waals surface area contributed by atoms with Crippen molar-refractivity contribution in [2.45, 2.75) is 44.8 Å². The van der Waals surface area contributed by atoms with E-state index in [0.717, 1.165) is 12.8 Å². The second-order valence-corrected chi connectivity index (χ2v) is 7.66. The van der Waals surface area contributed by atoms with Gasteiger partial charge in [-0.3, -0.25) is 9.82 Å². The molecule has 0 rings (SSSR count). The molecule has 0 heterocycles. The smallest absolute Gasteiger partial charge is 0.268 e. The van der Waals surface area contributed by atoms with Crippen LogP contribution in [-0.4, -0.2) is 68.0 Å². The lowest BCUT2D eigenvalue weighted by atomic mass is 10.1. The molecule has 0 bridgehead atoms. The van der Waals surface area contributed by atoms with Crippen molar-refractivity contribution in [3.8, 4) is 0 Å². The third kappa shape index (κ3) is 11.5. The van der Waals surface area contributed by atoms with E-state index < -0.39 is 26.6 Å². The number of unbranched alkanes of at least 4 members (excludes halogenated alkanes) is 2. The number of aliphatic hydroxyl groups is 1. The van der Waals surface area contributed by atoms with Gasteiger partial charge < -0.3 is 23.5 Å². The molecule has 0 spiro atoms. The van der Waals surface area contributed by atoms with Crippen molar-refractivity contribution in [1.82, 2.24) is 0 Å². The number of quaternary nitrogens is 1. The summed E-state index contributed by atoms with van der Waals surface area (Å²) in [7, 11) is 1.22. The van der Waals surface area contributed by atoms with Crippen molar-refractivity contribution >= 4 is 7.82 Å². The van der Waals surface area contributed by atoms with Gasteiger partial charge in [0.15, 0.2) is 0 Å². The zero-order valence-corrected chi connectivity index (χ0v) is 14.8. The van der Waals surface area contributed by atoms with Crippen molar-refractivity contribution in [3.05, 3.63) is 0 Å². The van der Waals surface area contributed by atoms with E-state index in [1.54, 1.807) is 0 Å². The highest BCUT2D eigenvalue weighted by Crippen LogP contribution is 2.41. The Balaban J connectivity index is 4.49. The van der Waals surface area contributed by atoms with Gasteiger partial charge in [-0.25, -0.2) is 4.89 Å². The minimum Gasteiger partial charge on any atom is -0.756 e. The molecule has 134 valence electrons. The molecule has 2 unspecified atom stereocenters. The van der Waals surface area contributed by atoms with E-state index in [2.05, 4.69) is 4.89 Å². The van der Waals surface area contributed by atoms with Gasteiger partial charge in [0.25, 0.3) is 7.82 Å². The summed E-state index contributed by atoms with van der Waals surface area (Å²) < 4.78 is 22.1. The van der Waals surface area contributed by atoms with Gasteiger partial charge in [-0.15, -0.1) is 0 Å². The van der Waals surface area contributed by atoms with E-state index in [1.165, 1.54) is 0 Å². The van der Waals surface area contributed by atoms with Gasteiger partial charge in [0.2, 0.25) is 0 Å². The number of phosphoric ester groups is 1. The first kappa shape index (κ1) is 21.9. The Morgan fingerprint density at radius 3 is 2.41 bits per heavy atom. The number of hydrogen-bond acceptors (Lipinski definition) is 7. The number of nitrogens with zero attached hydrogens (tertiary/aromatic N) is 1. The predicted octanol–water partition coefficient (Wildman–Crippen LogP) is 0.994. The molecule has 9 heteroatoms. The molecular weight excluding hydrogens is 313 g/mol. The maximum absolute atomic E-state index is 11.8. The number of likely N-dealkylation sites (N-methyl/N-ethyl adjacent to an activating group) is 1. The van der Waals surface area contributed by atoms with E-state index >= 15 is 0 Å². The molecule has 0 saturated carbocycles. The van der Waals surface area contributed by atoms with Crippen LogP contribution >= 0.6 is 7.82 Å². The van der Waals surface area contributed by atoms with Crippen LogP contribution in [0.2, 0.25) is 0 Å². The van der Waals surface area contributed by atoms with Crippen molar-refractivity contribution in [3.63, 3.8) is 0 Å². The van der Waals surface area contributed by atoms with Gasteiger partial charge >= 0.3 is 0 Å². The summed E-state index contributed by atoms with van der Waals surface area (Å²) in [6.07, 6.45) is 0.635. The lowest BCUT2D eigenvalue weighted by Crippen LogP contribution is -2.38. The van der Waals surface area contributed by atoms with Gasteiger partial charge in [-0.05, 0) is 6.42 Å². The minimum absolute atomic E-state index is 0.00144. The molecule has 0 fully saturated rings. The average Bonchev–Trinajstić information content (AvgIpc) is 2.36. The van der Waals surface area contributed by atoms with Crippen LogP contribution in [0.4, 0.5) is 0 Å². The summed E-state index contributed by atoms with van der Waals surface area (Å²) in [4.78, 5) is 15.7. The number of aliphatic hydroxyl groups excluding tert-OH is 1. The summed E-state index contributed by atoms with van der Waals surface area (Å²) in [5.74, 6) is 0. The van der Waals surface area contributed by atoms with Crippen molar-refractivity contribution in [1.29, 1.82) is 0 Å². The molecule has 0 radical (unpaired) electrons. The molecule has 0 amide bonds. The van der Waals surface area contributed by atoms with E-state index in [0.29, 0.717) is 23.9 Å². The highest BCUT2D eigenvalue weighted by atomic mass is 31.2. The summed E-state index contributed by atoms with van der Waals surface area (Å²) >= 11 is 0. The maximum atomic E-state index is 11.8. The zero-order chi connectivity index (χ0) is 17.2. The van der Waals surface area contributed by atoms with Gasteiger partial charge in [0, 0.05) is 0 Å². The van der Waals surface area contributed by atoms with Crippen LogP contribution in [0.5, 0.6) is 0 Å². The summed E-state index contributed by atoms with van der Waals surface area (Å²) in [5.41, 5.74) is 0. The van der Waals surface area contributed by atoms with Gasteiger partial charge in [-0.2, -0.15) is 0 Å². The third-order valence-corrected chi connectivity index (χ3v) is 4.07. The topological polar surface area (TPSA) is 108 Å². The Hall–Kier alpha value is -0.0500. The zero-order valence-electron chi connectivity index (χ0n) is 13.9. The molecule has 22 heavy (non-hydrogen) atoms. The van der Waals surface area contributed by atoms with E-state index in [4.69, 9.17) is 14.3 Å². The molecule has 2 N–H and O–H groups in total. The fourth-order valence-electron chi connectivity index (χ4n) is 1.72. The Kier molecular flexibility index (Phi) is 10.6. The van der Waals surface area contributed by atoms with Crippen molar-refractivity contribution < 1.29 is 38.2 Å². The van der Waals surface area contributed by atoms with Gasteiger partial charge in [0.05, 0.1) is 27.2 Å². The molecule has 0 aromatic rings. The first-order valence-corrected chi connectivity index (χ1v) is 8.96. The van der Waals surface area contributed by atoms with Crippen LogP contribution in [0.15, 0.2) is 0 Å². The quantitative estimate of drug-likeness (QED) is 0.169. The average molecular weight is 343 g/mol. The molecule has 0 aromatic carbocycles. The Morgan fingerprint density at radius 2 is 1.91 bits per heavy atom. The standard InChI is InChI=1S/C13H30NO7P/c1-5-6-7-8-13(12(15)11-19-16)21-22(17,18)20-10-9-14(2,3)4/h12-13,15H,5-11H2,1-4H3,(H-,16,17,18)/t12-,13?/m0/s1. The number of phosphoric acid groups is 1. The Labute approximate surface area is 132 Å². The molecule has 0 aliphatic carbocycles. The summed E-state index contributed by atoms with van der Waals surface area (Å²) in [6, 6.07) is 0. The van der Waals surface area contributed by atoms with Gasteiger partial charge in [0.1, 0.15) is 25.9 Å². The Bertz CT molecular complexity index is 335. The first-order chi connectivity index (χ1) is 10.1. The first-order valence-electron chi connectivity index (χ1n) is 7.50. The monoisotopic (exact) mass is 343 g/mol. The number of hydrogen-bond donors (Lipinski definition) is 2. The van der Waals surface area contributed by atoms with Crippen LogP contribution in [0.25, 0.3) is 0 Å². The van der Waals surface area contributed by atoms with Crippen LogP contribution in [0.3, 0.4) is 0 Å². The summed E-state index contributed by atoms with van der Waals surface area (Å²) in [5, 5.41) is 18.2. The maximum Gasteiger partial charge on any atom is 0.268 e. The van der Waals surface area contributed by atoms with E-state index in [-0.39, 0.29) is 6.61 Å². The molecule has 0 aliphatic rings. The second kappa shape index (κ2) is 10.7. The molecule has 3 atom stereocenters. The molecular formula is C13H30NO7P. The van der Waals surface area contributed by atoms with Crippen LogP contribution in [0, 0.1) is 0 Å². The van der Waals surface area contributed by atoms with Crippen LogP contribution in [-0.2, 0) is 18.5 Å². The van der Waals surface area contributed by atoms with Crippen LogP contribution < -0.4 is 4.89 Å². The normalized spacial score (nSPS) is 18.0. The van der Waals surface area contributed by atoms with E-state index in [1.807, 2.05) is 28.1 Å². The van der Waals surface area contributed by atoms with E-state index in [9.17, 15) is 14.6 Å². The Morgan fingerprint density at radius 1 is 1.27 bits per heavy atom. The third-order valence-electron chi connectivity index (χ3n) is 3.04. The highest BCUT2D eigenvalue weighted by Gasteiger charge is 2.26. The fraction of sp³-hybridized carbons (Fsp3) is 1.00. The SMILES string of the molecule is CCCCCC(OP(=O)([O-])OCC[N+](C)(C)C)[C@@H](O)COO. The number of rotatable bonds is 13. The highest BCUT2D eigenvalue weighted by molar-refractivity contribution is 7.45. The molecule has 0 aromatic heterocycles. The lowest BCUT2D eigenvalue weighted by molar-refractivity contribution is -0.870.